The number of fused-ring (bicyclic) bond motifs is 1. The van der Waals surface area contributed by atoms with E-state index >= 15 is 0 Å². The van der Waals surface area contributed by atoms with Gasteiger partial charge in [0.1, 0.15) is 17.2 Å². The molecule has 1 aliphatic carbocycles. The third-order valence-corrected chi connectivity index (χ3v) is 3.72. The van der Waals surface area contributed by atoms with E-state index in [1.807, 2.05) is 0 Å². The zero-order valence-corrected chi connectivity index (χ0v) is 10.1. The van der Waals surface area contributed by atoms with Crippen molar-refractivity contribution in [1.82, 2.24) is 0 Å². The van der Waals surface area contributed by atoms with Gasteiger partial charge in [-0.25, -0.2) is 4.39 Å². The lowest BCUT2D eigenvalue weighted by molar-refractivity contribution is 0.380. The van der Waals surface area contributed by atoms with E-state index in [9.17, 15) is 9.18 Å². The predicted molar refractivity (Wildman–Crippen MR) is 68.3 cm³/mol. The third kappa shape index (κ3) is 2.05. The Balaban J connectivity index is 2.09. The summed E-state index contributed by atoms with van der Waals surface area (Å²) < 4.78 is 18.9. The van der Waals surface area contributed by atoms with Crippen LogP contribution in [-0.4, -0.2) is 0 Å². The van der Waals surface area contributed by atoms with E-state index in [2.05, 4.69) is 0 Å². The standard InChI is InChI=1S/C15H15FO2/c16-11-6-7-14-12(8-11)13(17)9-15(18-14)10-4-2-1-3-5-10/h6-10H,1-5H2. The van der Waals surface area contributed by atoms with E-state index in [4.69, 9.17) is 4.42 Å². The number of rotatable bonds is 1. The van der Waals surface area contributed by atoms with E-state index in [1.165, 1.54) is 37.5 Å². The van der Waals surface area contributed by atoms with E-state index in [-0.39, 0.29) is 5.43 Å². The van der Waals surface area contributed by atoms with Gasteiger partial charge in [0.25, 0.3) is 0 Å². The van der Waals surface area contributed by atoms with Crippen molar-refractivity contribution in [1.29, 1.82) is 0 Å². The molecule has 0 saturated heterocycles. The fourth-order valence-corrected chi connectivity index (χ4v) is 2.74. The molecule has 0 unspecified atom stereocenters. The molecule has 0 radical (unpaired) electrons. The number of halogens is 1. The molecular weight excluding hydrogens is 231 g/mol. The van der Waals surface area contributed by atoms with E-state index in [0.29, 0.717) is 16.9 Å². The van der Waals surface area contributed by atoms with Crippen LogP contribution in [0.15, 0.2) is 33.5 Å². The fraction of sp³-hybridized carbons (Fsp3) is 0.400. The average Bonchev–Trinajstić information content (AvgIpc) is 2.40. The molecule has 2 nitrogen and oxygen atoms in total. The molecule has 1 fully saturated rings. The highest BCUT2D eigenvalue weighted by Crippen LogP contribution is 2.33. The van der Waals surface area contributed by atoms with E-state index in [1.54, 1.807) is 6.07 Å². The van der Waals surface area contributed by atoms with E-state index in [0.717, 1.165) is 18.6 Å². The molecule has 1 heterocycles. The molecule has 2 aromatic rings. The first-order valence-corrected chi connectivity index (χ1v) is 6.47. The quantitative estimate of drug-likeness (QED) is 0.761. The van der Waals surface area contributed by atoms with Gasteiger partial charge in [-0.2, -0.15) is 0 Å². The smallest absolute Gasteiger partial charge is 0.193 e. The molecule has 1 aromatic carbocycles. The second-order valence-electron chi connectivity index (χ2n) is 4.99. The summed E-state index contributed by atoms with van der Waals surface area (Å²) in [6, 6.07) is 5.65. The predicted octanol–water partition coefficient (Wildman–Crippen LogP) is 3.98. The topological polar surface area (TPSA) is 30.2 Å². The molecular formula is C15H15FO2. The van der Waals surface area contributed by atoms with Crippen molar-refractivity contribution in [3.8, 4) is 0 Å². The van der Waals surface area contributed by atoms with Crippen LogP contribution >= 0.6 is 0 Å². The van der Waals surface area contributed by atoms with Crippen LogP contribution in [0.3, 0.4) is 0 Å². The molecule has 94 valence electrons. The second-order valence-corrected chi connectivity index (χ2v) is 4.99. The SMILES string of the molecule is O=c1cc(C2CCCCC2)oc2ccc(F)cc12. The van der Waals surface area contributed by atoms with Gasteiger partial charge in [-0.05, 0) is 31.0 Å². The molecule has 0 spiro atoms. The van der Waals surface area contributed by atoms with Crippen LogP contribution in [0.1, 0.15) is 43.8 Å². The summed E-state index contributed by atoms with van der Waals surface area (Å²) in [5.41, 5.74) is 0.348. The average molecular weight is 246 g/mol. The van der Waals surface area contributed by atoms with Crippen molar-refractivity contribution < 1.29 is 8.81 Å². The summed E-state index contributed by atoms with van der Waals surface area (Å²) in [6.07, 6.45) is 5.80. The number of hydrogen-bond donors (Lipinski definition) is 0. The van der Waals surface area contributed by atoms with Crippen molar-refractivity contribution in [2.75, 3.05) is 0 Å². The second kappa shape index (κ2) is 4.56. The molecule has 0 N–H and O–H groups in total. The molecule has 0 atom stereocenters. The van der Waals surface area contributed by atoms with Gasteiger partial charge in [0.15, 0.2) is 5.43 Å². The molecule has 3 heteroatoms. The van der Waals surface area contributed by atoms with Crippen molar-refractivity contribution in [3.63, 3.8) is 0 Å². The number of hydrogen-bond acceptors (Lipinski definition) is 2. The molecule has 18 heavy (non-hydrogen) atoms. The van der Waals surface area contributed by atoms with Gasteiger partial charge >= 0.3 is 0 Å². The monoisotopic (exact) mass is 246 g/mol. The van der Waals surface area contributed by atoms with Gasteiger partial charge in [0.2, 0.25) is 0 Å². The van der Waals surface area contributed by atoms with Crippen LogP contribution in [-0.2, 0) is 0 Å². The van der Waals surface area contributed by atoms with E-state index < -0.39 is 5.82 Å². The molecule has 1 aliphatic rings. The maximum Gasteiger partial charge on any atom is 0.193 e. The van der Waals surface area contributed by atoms with Crippen molar-refractivity contribution >= 4 is 11.0 Å². The van der Waals surface area contributed by atoms with Crippen molar-refractivity contribution in [2.45, 2.75) is 38.0 Å². The summed E-state index contributed by atoms with van der Waals surface area (Å²) in [7, 11) is 0. The molecule has 3 rings (SSSR count). The first-order valence-electron chi connectivity index (χ1n) is 6.47. The largest absolute Gasteiger partial charge is 0.461 e. The number of benzene rings is 1. The Morgan fingerprint density at radius 1 is 1.11 bits per heavy atom. The van der Waals surface area contributed by atoms with Crippen LogP contribution in [0.25, 0.3) is 11.0 Å². The van der Waals surface area contributed by atoms with Gasteiger partial charge in [0, 0.05) is 12.0 Å². The normalized spacial score (nSPS) is 17.2. The minimum atomic E-state index is -0.403. The fourth-order valence-electron chi connectivity index (χ4n) is 2.74. The Hall–Kier alpha value is -1.64. The Labute approximate surface area is 104 Å². The van der Waals surface area contributed by atoms with Crippen LogP contribution in [0.2, 0.25) is 0 Å². The third-order valence-electron chi connectivity index (χ3n) is 3.72. The van der Waals surface area contributed by atoms with Gasteiger partial charge in [0.05, 0.1) is 5.39 Å². The minimum Gasteiger partial charge on any atom is -0.461 e. The molecule has 0 amide bonds. The Bertz CT molecular complexity index is 624. The summed E-state index contributed by atoms with van der Waals surface area (Å²) in [4.78, 5) is 12.0. The van der Waals surface area contributed by atoms with Crippen LogP contribution in [0.5, 0.6) is 0 Å². The first-order chi connectivity index (χ1) is 8.74. The zero-order valence-electron chi connectivity index (χ0n) is 10.1. The zero-order chi connectivity index (χ0) is 12.5. The van der Waals surface area contributed by atoms with Crippen molar-refractivity contribution in [3.05, 3.63) is 46.1 Å². The summed E-state index contributed by atoms with van der Waals surface area (Å²) >= 11 is 0. The highest BCUT2D eigenvalue weighted by molar-refractivity contribution is 5.76. The maximum absolute atomic E-state index is 13.1. The lowest BCUT2D eigenvalue weighted by atomic mass is 9.87. The van der Waals surface area contributed by atoms with Gasteiger partial charge in [-0.15, -0.1) is 0 Å². The van der Waals surface area contributed by atoms with Crippen molar-refractivity contribution in [2.24, 2.45) is 0 Å². The lowest BCUT2D eigenvalue weighted by Crippen LogP contribution is -2.09. The van der Waals surface area contributed by atoms with Crippen LogP contribution in [0, 0.1) is 5.82 Å². The first kappa shape index (κ1) is 11.5. The molecule has 1 saturated carbocycles. The Morgan fingerprint density at radius 2 is 1.89 bits per heavy atom. The minimum absolute atomic E-state index is 0.142. The summed E-state index contributed by atoms with van der Waals surface area (Å²) in [5.74, 6) is 0.708. The summed E-state index contributed by atoms with van der Waals surface area (Å²) in [5, 5.41) is 0.328. The van der Waals surface area contributed by atoms with Gasteiger partial charge in [-0.3, -0.25) is 4.79 Å². The maximum atomic E-state index is 13.1. The highest BCUT2D eigenvalue weighted by atomic mass is 19.1. The molecule has 1 aromatic heterocycles. The van der Waals surface area contributed by atoms with Crippen LogP contribution in [0.4, 0.5) is 4.39 Å². The highest BCUT2D eigenvalue weighted by Gasteiger charge is 2.19. The van der Waals surface area contributed by atoms with Gasteiger partial charge < -0.3 is 4.42 Å². The molecule has 0 bridgehead atoms. The lowest BCUT2D eigenvalue weighted by Gasteiger charge is -2.20. The van der Waals surface area contributed by atoms with Crippen LogP contribution < -0.4 is 5.43 Å². The Kier molecular flexibility index (Phi) is 2.90. The molecule has 0 aliphatic heterocycles. The Morgan fingerprint density at radius 3 is 2.67 bits per heavy atom. The van der Waals surface area contributed by atoms with Gasteiger partial charge in [-0.1, -0.05) is 19.3 Å². The summed E-state index contributed by atoms with van der Waals surface area (Å²) in [6.45, 7) is 0.